The van der Waals surface area contributed by atoms with Gasteiger partial charge in [0.25, 0.3) is 0 Å². The Kier molecular flexibility index (Phi) is 5.70. The number of allylic oxidation sites excluding steroid dienone is 2. The first-order valence-electron chi connectivity index (χ1n) is 6.02. The molecule has 1 aliphatic heterocycles. The lowest BCUT2D eigenvalue weighted by molar-refractivity contribution is -0.135. The van der Waals surface area contributed by atoms with Gasteiger partial charge in [-0.15, -0.1) is 0 Å². The maximum atomic E-state index is 11.5. The van der Waals surface area contributed by atoms with Crippen LogP contribution in [0.25, 0.3) is 0 Å². The molecule has 1 unspecified atom stereocenters. The second-order valence-corrected chi connectivity index (χ2v) is 4.13. The van der Waals surface area contributed by atoms with Crippen LogP contribution in [0.1, 0.15) is 19.8 Å². The maximum Gasteiger partial charge on any atom is 0.337 e. The summed E-state index contributed by atoms with van der Waals surface area (Å²) in [5, 5.41) is 3.37. The monoisotopic (exact) mass is 235 g/mol. The van der Waals surface area contributed by atoms with E-state index in [2.05, 4.69) is 18.0 Å². The first-order chi connectivity index (χ1) is 8.22. The van der Waals surface area contributed by atoms with Crippen molar-refractivity contribution in [1.29, 1.82) is 0 Å². The van der Waals surface area contributed by atoms with Crippen molar-refractivity contribution in [2.24, 2.45) is 5.92 Å². The van der Waals surface area contributed by atoms with Gasteiger partial charge in [0.15, 0.2) is 0 Å². The van der Waals surface area contributed by atoms with Gasteiger partial charge in [0.2, 0.25) is 0 Å². The summed E-state index contributed by atoms with van der Waals surface area (Å²) in [7, 11) is 1.39. The van der Waals surface area contributed by atoms with Crippen molar-refractivity contribution in [1.82, 2.24) is 5.32 Å². The van der Waals surface area contributed by atoms with Crippen molar-refractivity contribution in [3.8, 4) is 0 Å². The number of methoxy groups -OCH3 is 1. The average molecular weight is 235 g/mol. The fourth-order valence-electron chi connectivity index (χ4n) is 2.07. The Hall–Kier alpha value is -1.35. The number of carbonyl (C=O) groups is 1. The Balaban J connectivity index is 2.83. The molecule has 94 valence electrons. The predicted molar refractivity (Wildman–Crippen MR) is 69.6 cm³/mol. The summed E-state index contributed by atoms with van der Waals surface area (Å²) in [6.07, 6.45) is 7.83. The van der Waals surface area contributed by atoms with Crippen LogP contribution in [0.5, 0.6) is 0 Å². The average Bonchev–Trinajstić information content (AvgIpc) is 2.40. The molecule has 0 saturated carbocycles. The molecule has 1 rings (SSSR count). The Morgan fingerprint density at radius 2 is 2.29 bits per heavy atom. The molecule has 0 aromatic carbocycles. The Morgan fingerprint density at radius 3 is 2.76 bits per heavy atom. The molecule has 0 bridgehead atoms. The summed E-state index contributed by atoms with van der Waals surface area (Å²) >= 11 is 0. The lowest BCUT2D eigenvalue weighted by atomic mass is 9.90. The molecule has 0 amide bonds. The second-order valence-electron chi connectivity index (χ2n) is 4.13. The Labute approximate surface area is 103 Å². The lowest BCUT2D eigenvalue weighted by Crippen LogP contribution is -2.30. The number of piperidine rings is 1. The van der Waals surface area contributed by atoms with Crippen LogP contribution in [0.2, 0.25) is 0 Å². The number of carbonyl (C=O) groups excluding carboxylic acids is 1. The van der Waals surface area contributed by atoms with Crippen molar-refractivity contribution < 1.29 is 9.53 Å². The van der Waals surface area contributed by atoms with Crippen molar-refractivity contribution in [2.75, 3.05) is 20.2 Å². The molecule has 0 aromatic heterocycles. The molecule has 1 atom stereocenters. The SMILES string of the molecule is C=C/C(=C\C(=C/C)C1CCCNC1)C(=O)OC. The molecule has 1 saturated heterocycles. The number of rotatable bonds is 4. The molecule has 0 radical (unpaired) electrons. The fraction of sp³-hybridized carbons (Fsp3) is 0.500. The zero-order chi connectivity index (χ0) is 12.7. The van der Waals surface area contributed by atoms with Crippen LogP contribution in [0.15, 0.2) is 36.0 Å². The molecule has 17 heavy (non-hydrogen) atoms. The molecule has 1 fully saturated rings. The highest BCUT2D eigenvalue weighted by atomic mass is 16.5. The quantitative estimate of drug-likeness (QED) is 0.461. The van der Waals surface area contributed by atoms with Crippen LogP contribution < -0.4 is 5.32 Å². The van der Waals surface area contributed by atoms with E-state index in [0.717, 1.165) is 19.5 Å². The largest absolute Gasteiger partial charge is 0.465 e. The minimum absolute atomic E-state index is 0.330. The Morgan fingerprint density at radius 1 is 1.53 bits per heavy atom. The van der Waals surface area contributed by atoms with Gasteiger partial charge in [-0.2, -0.15) is 0 Å². The highest BCUT2D eigenvalue weighted by Crippen LogP contribution is 2.22. The van der Waals surface area contributed by atoms with E-state index in [0.29, 0.717) is 11.5 Å². The van der Waals surface area contributed by atoms with E-state index >= 15 is 0 Å². The normalized spacial score (nSPS) is 22.1. The van der Waals surface area contributed by atoms with E-state index in [-0.39, 0.29) is 5.97 Å². The second kappa shape index (κ2) is 7.07. The third-order valence-corrected chi connectivity index (χ3v) is 3.06. The summed E-state index contributed by atoms with van der Waals surface area (Å²) in [5.74, 6) is 0.150. The van der Waals surface area contributed by atoms with Gasteiger partial charge >= 0.3 is 5.97 Å². The van der Waals surface area contributed by atoms with Crippen LogP contribution in [-0.4, -0.2) is 26.2 Å². The number of hydrogen-bond acceptors (Lipinski definition) is 3. The molecule has 0 aromatic rings. The van der Waals surface area contributed by atoms with Crippen LogP contribution in [-0.2, 0) is 9.53 Å². The first kappa shape index (κ1) is 13.7. The van der Waals surface area contributed by atoms with E-state index in [4.69, 9.17) is 4.74 Å². The summed E-state index contributed by atoms with van der Waals surface area (Å²) in [6.45, 7) is 7.71. The molecule has 3 heteroatoms. The van der Waals surface area contributed by atoms with Gasteiger partial charge in [0, 0.05) is 6.54 Å². The topological polar surface area (TPSA) is 38.3 Å². The van der Waals surface area contributed by atoms with Gasteiger partial charge in [0.1, 0.15) is 0 Å². The van der Waals surface area contributed by atoms with Crippen molar-refractivity contribution in [3.63, 3.8) is 0 Å². The predicted octanol–water partition coefficient (Wildman–Crippen LogP) is 2.22. The Bertz CT molecular complexity index is 336. The minimum atomic E-state index is -0.330. The van der Waals surface area contributed by atoms with Crippen LogP contribution >= 0.6 is 0 Å². The summed E-state index contributed by atoms with van der Waals surface area (Å²) in [6, 6.07) is 0. The summed E-state index contributed by atoms with van der Waals surface area (Å²) in [5.41, 5.74) is 1.70. The van der Waals surface area contributed by atoms with E-state index in [1.165, 1.54) is 19.1 Å². The number of ether oxygens (including phenoxy) is 1. The van der Waals surface area contributed by atoms with E-state index in [9.17, 15) is 4.79 Å². The van der Waals surface area contributed by atoms with Gasteiger partial charge in [-0.05, 0) is 43.9 Å². The molecular formula is C14H21NO2. The van der Waals surface area contributed by atoms with Gasteiger partial charge in [-0.25, -0.2) is 4.79 Å². The smallest absolute Gasteiger partial charge is 0.337 e. The van der Waals surface area contributed by atoms with Crippen LogP contribution in [0, 0.1) is 5.92 Å². The standard InChI is InChI=1S/C14H21NO2/c1-4-11(13-7-6-8-15-10-13)9-12(5-2)14(16)17-3/h4-5,9,13,15H,2,6-8,10H2,1,3H3/b11-4+,12-9+. The van der Waals surface area contributed by atoms with Crippen molar-refractivity contribution >= 4 is 5.97 Å². The van der Waals surface area contributed by atoms with Crippen LogP contribution in [0.4, 0.5) is 0 Å². The van der Waals surface area contributed by atoms with E-state index < -0.39 is 0 Å². The van der Waals surface area contributed by atoms with Crippen molar-refractivity contribution in [2.45, 2.75) is 19.8 Å². The molecule has 3 nitrogen and oxygen atoms in total. The lowest BCUT2D eigenvalue weighted by Gasteiger charge is -2.24. The summed E-state index contributed by atoms with van der Waals surface area (Å²) in [4.78, 5) is 11.5. The maximum absolute atomic E-state index is 11.5. The number of hydrogen-bond donors (Lipinski definition) is 1. The van der Waals surface area contributed by atoms with Crippen molar-refractivity contribution in [3.05, 3.63) is 36.0 Å². The zero-order valence-electron chi connectivity index (χ0n) is 10.7. The molecule has 1 N–H and O–H groups in total. The van der Waals surface area contributed by atoms with Gasteiger partial charge in [0.05, 0.1) is 12.7 Å². The fourth-order valence-corrected chi connectivity index (χ4v) is 2.07. The van der Waals surface area contributed by atoms with E-state index in [1.807, 2.05) is 13.0 Å². The zero-order valence-corrected chi connectivity index (χ0v) is 10.7. The van der Waals surface area contributed by atoms with Gasteiger partial charge in [-0.1, -0.05) is 18.7 Å². The van der Waals surface area contributed by atoms with E-state index in [1.54, 1.807) is 6.08 Å². The third-order valence-electron chi connectivity index (χ3n) is 3.06. The molecular weight excluding hydrogens is 214 g/mol. The molecule has 1 aliphatic rings. The highest BCUT2D eigenvalue weighted by molar-refractivity contribution is 5.91. The third kappa shape index (κ3) is 3.86. The molecule has 1 heterocycles. The van der Waals surface area contributed by atoms with Gasteiger partial charge < -0.3 is 10.1 Å². The number of nitrogens with one attached hydrogen (secondary N) is 1. The molecule has 0 aliphatic carbocycles. The minimum Gasteiger partial charge on any atom is -0.465 e. The highest BCUT2D eigenvalue weighted by Gasteiger charge is 2.17. The summed E-state index contributed by atoms with van der Waals surface area (Å²) < 4.78 is 4.71. The first-order valence-corrected chi connectivity index (χ1v) is 6.02. The van der Waals surface area contributed by atoms with Gasteiger partial charge in [-0.3, -0.25) is 0 Å². The molecule has 0 spiro atoms. The number of esters is 1. The van der Waals surface area contributed by atoms with Crippen LogP contribution in [0.3, 0.4) is 0 Å².